The lowest BCUT2D eigenvalue weighted by Gasteiger charge is -2.27. The van der Waals surface area contributed by atoms with Crippen LogP contribution in [0.3, 0.4) is 0 Å². The molecule has 0 aliphatic rings. The number of hydrogen-bond acceptors (Lipinski definition) is 3. The third kappa shape index (κ3) is 3.84. The third-order valence-corrected chi connectivity index (χ3v) is 10.2. The maximum atomic E-state index is 6.55. The van der Waals surface area contributed by atoms with Gasteiger partial charge in [0.05, 0.1) is 5.69 Å². The Morgan fingerprint density at radius 3 is 1.69 bits per heavy atom. The lowest BCUT2D eigenvalue weighted by Crippen LogP contribution is -2.10. The van der Waals surface area contributed by atoms with Crippen LogP contribution in [0.5, 0.6) is 0 Å². The highest BCUT2D eigenvalue weighted by molar-refractivity contribution is 6.27. The lowest BCUT2D eigenvalue weighted by molar-refractivity contribution is 0.669. The monoisotopic (exact) mass is 625 g/mol. The summed E-state index contributed by atoms with van der Waals surface area (Å²) in [6, 6.07) is 58.5. The molecule has 0 atom stereocenters. The van der Waals surface area contributed by atoms with Crippen LogP contribution in [-0.4, -0.2) is 0 Å². The number of furan rings is 2. The van der Waals surface area contributed by atoms with E-state index in [-0.39, 0.29) is 0 Å². The zero-order valence-corrected chi connectivity index (χ0v) is 26.4. The molecule has 0 unspecified atom stereocenters. The number of anilines is 3. The highest BCUT2D eigenvalue weighted by atomic mass is 16.3. The van der Waals surface area contributed by atoms with Gasteiger partial charge in [-0.25, -0.2) is 0 Å². The summed E-state index contributed by atoms with van der Waals surface area (Å²) in [4.78, 5) is 2.40. The van der Waals surface area contributed by atoms with E-state index in [1.807, 2.05) is 12.1 Å². The van der Waals surface area contributed by atoms with E-state index in [1.165, 1.54) is 43.1 Å². The first-order chi connectivity index (χ1) is 24.3. The van der Waals surface area contributed by atoms with Crippen LogP contribution in [0.25, 0.3) is 87.0 Å². The van der Waals surface area contributed by atoms with Gasteiger partial charge < -0.3 is 13.7 Å². The van der Waals surface area contributed by atoms with Crippen molar-refractivity contribution in [3.8, 4) is 0 Å². The van der Waals surface area contributed by atoms with Crippen LogP contribution in [0, 0.1) is 0 Å². The summed E-state index contributed by atoms with van der Waals surface area (Å²) < 4.78 is 12.8. The molecule has 0 bridgehead atoms. The van der Waals surface area contributed by atoms with Gasteiger partial charge in [0.2, 0.25) is 0 Å². The van der Waals surface area contributed by atoms with Gasteiger partial charge in [-0.05, 0) is 86.9 Å². The average Bonchev–Trinajstić information content (AvgIpc) is 3.73. The molecule has 3 heteroatoms. The van der Waals surface area contributed by atoms with Crippen molar-refractivity contribution in [3.63, 3.8) is 0 Å². The van der Waals surface area contributed by atoms with Crippen molar-refractivity contribution in [1.29, 1.82) is 0 Å². The van der Waals surface area contributed by atoms with Crippen molar-refractivity contribution in [2.24, 2.45) is 0 Å². The van der Waals surface area contributed by atoms with E-state index >= 15 is 0 Å². The molecule has 228 valence electrons. The van der Waals surface area contributed by atoms with E-state index in [9.17, 15) is 0 Å². The van der Waals surface area contributed by atoms with Crippen LogP contribution < -0.4 is 4.90 Å². The molecule has 0 spiro atoms. The Labute approximate surface area is 280 Å². The first kappa shape index (κ1) is 26.5. The van der Waals surface area contributed by atoms with Crippen molar-refractivity contribution in [2.75, 3.05) is 4.90 Å². The minimum absolute atomic E-state index is 0.874. The van der Waals surface area contributed by atoms with Gasteiger partial charge in [0.1, 0.15) is 22.3 Å². The smallest absolute Gasteiger partial charge is 0.136 e. The minimum Gasteiger partial charge on any atom is -0.456 e. The van der Waals surface area contributed by atoms with E-state index in [0.29, 0.717) is 0 Å². The SMILES string of the molecule is c1ccc2c(c1)cc(N(c1ccc3oc4ccccc4c3c1)c1ccc3oc4ccc5ccc6ccccc6c5c4c3c1)c1ccccc12. The van der Waals surface area contributed by atoms with Gasteiger partial charge in [0.15, 0.2) is 0 Å². The summed E-state index contributed by atoms with van der Waals surface area (Å²) in [6.07, 6.45) is 0. The predicted molar refractivity (Wildman–Crippen MR) is 206 cm³/mol. The molecule has 0 aliphatic heterocycles. The first-order valence-corrected chi connectivity index (χ1v) is 16.7. The zero-order valence-electron chi connectivity index (χ0n) is 26.4. The van der Waals surface area contributed by atoms with Gasteiger partial charge in [-0.15, -0.1) is 0 Å². The molecule has 0 fully saturated rings. The summed E-state index contributed by atoms with van der Waals surface area (Å²) in [5.74, 6) is 0. The maximum absolute atomic E-state index is 6.55. The largest absolute Gasteiger partial charge is 0.456 e. The van der Waals surface area contributed by atoms with E-state index in [2.05, 4.69) is 157 Å². The topological polar surface area (TPSA) is 29.5 Å². The lowest BCUT2D eigenvalue weighted by atomic mass is 9.97. The Kier molecular flexibility index (Phi) is 5.38. The summed E-state index contributed by atoms with van der Waals surface area (Å²) >= 11 is 0. The molecule has 0 aliphatic carbocycles. The second-order valence-electron chi connectivity index (χ2n) is 12.9. The fraction of sp³-hybridized carbons (Fsp3) is 0. The molecule has 3 nitrogen and oxygen atoms in total. The van der Waals surface area contributed by atoms with Crippen molar-refractivity contribution < 1.29 is 8.83 Å². The normalized spacial score (nSPS) is 12.1. The fourth-order valence-corrected chi connectivity index (χ4v) is 7.99. The average molecular weight is 626 g/mol. The molecule has 0 amide bonds. The van der Waals surface area contributed by atoms with Gasteiger partial charge in [-0.2, -0.15) is 0 Å². The third-order valence-electron chi connectivity index (χ3n) is 10.2. The highest BCUT2D eigenvalue weighted by Gasteiger charge is 2.21. The van der Waals surface area contributed by atoms with Crippen LogP contribution in [0.2, 0.25) is 0 Å². The van der Waals surface area contributed by atoms with E-state index in [4.69, 9.17) is 8.83 Å². The molecule has 0 saturated heterocycles. The second-order valence-corrected chi connectivity index (χ2v) is 12.9. The molecule has 9 aromatic carbocycles. The maximum Gasteiger partial charge on any atom is 0.136 e. The molecule has 0 saturated carbocycles. The minimum atomic E-state index is 0.874. The standard InChI is InChI=1S/C46H27NO2/c1-4-12-34-28(9-1)17-18-29-19-22-44-46(45(29)34)39-27-32(21-24-43(39)49-44)47(31-20-23-42-38(26-31)37-15-7-8-16-41(37)48-42)40-25-30-10-2-3-11-33(30)35-13-5-6-14-36(35)40/h1-27H. The summed E-state index contributed by atoms with van der Waals surface area (Å²) in [6.45, 7) is 0. The Morgan fingerprint density at radius 1 is 0.306 bits per heavy atom. The Bertz CT molecular complexity index is 3130. The van der Waals surface area contributed by atoms with Gasteiger partial charge in [0, 0.05) is 43.7 Å². The number of rotatable bonds is 3. The molecule has 2 heterocycles. The molecular formula is C46H27NO2. The van der Waals surface area contributed by atoms with E-state index in [1.54, 1.807) is 0 Å². The van der Waals surface area contributed by atoms with Crippen molar-refractivity contribution in [2.45, 2.75) is 0 Å². The van der Waals surface area contributed by atoms with Crippen molar-refractivity contribution in [3.05, 3.63) is 164 Å². The van der Waals surface area contributed by atoms with Crippen molar-refractivity contribution >= 4 is 104 Å². The molecule has 0 N–H and O–H groups in total. The predicted octanol–water partition coefficient (Wildman–Crippen LogP) is 13.6. The van der Waals surface area contributed by atoms with Gasteiger partial charge in [-0.1, -0.05) is 109 Å². The highest BCUT2D eigenvalue weighted by Crippen LogP contribution is 2.46. The van der Waals surface area contributed by atoms with Crippen LogP contribution in [-0.2, 0) is 0 Å². The van der Waals surface area contributed by atoms with E-state index < -0.39 is 0 Å². The Morgan fingerprint density at radius 2 is 0.857 bits per heavy atom. The molecule has 11 rings (SSSR count). The molecule has 2 aromatic heterocycles. The fourth-order valence-electron chi connectivity index (χ4n) is 7.99. The van der Waals surface area contributed by atoms with Gasteiger partial charge >= 0.3 is 0 Å². The number of nitrogens with zero attached hydrogens (tertiary/aromatic N) is 1. The number of hydrogen-bond donors (Lipinski definition) is 0. The van der Waals surface area contributed by atoms with Gasteiger partial charge in [-0.3, -0.25) is 0 Å². The molecule has 0 radical (unpaired) electrons. The first-order valence-electron chi connectivity index (χ1n) is 16.7. The van der Waals surface area contributed by atoms with E-state index in [0.717, 1.165) is 60.9 Å². The molecule has 49 heavy (non-hydrogen) atoms. The summed E-state index contributed by atoms with van der Waals surface area (Å²) in [5.41, 5.74) is 6.76. The molecular weight excluding hydrogens is 599 g/mol. The second kappa shape index (κ2) is 9.96. The molecule has 11 aromatic rings. The quantitative estimate of drug-likeness (QED) is 0.183. The summed E-state index contributed by atoms with van der Waals surface area (Å²) in [5, 5.41) is 14.2. The van der Waals surface area contributed by atoms with Crippen molar-refractivity contribution in [1.82, 2.24) is 0 Å². The Hall–Kier alpha value is -6.58. The van der Waals surface area contributed by atoms with Gasteiger partial charge in [0.25, 0.3) is 0 Å². The Balaban J connectivity index is 1.25. The number of benzene rings is 9. The summed E-state index contributed by atoms with van der Waals surface area (Å²) in [7, 11) is 0. The number of para-hydroxylation sites is 1. The van der Waals surface area contributed by atoms with Crippen LogP contribution in [0.15, 0.2) is 173 Å². The van der Waals surface area contributed by atoms with Crippen LogP contribution in [0.4, 0.5) is 17.1 Å². The van der Waals surface area contributed by atoms with Crippen LogP contribution in [0.1, 0.15) is 0 Å². The number of fused-ring (bicyclic) bond motifs is 13. The van der Waals surface area contributed by atoms with Crippen LogP contribution >= 0.6 is 0 Å². The zero-order chi connectivity index (χ0) is 32.1.